The molecule has 2 N–H and O–H groups in total. The number of benzene rings is 2. The Labute approximate surface area is 158 Å². The van der Waals surface area contributed by atoms with Crippen molar-refractivity contribution in [1.29, 1.82) is 0 Å². The summed E-state index contributed by atoms with van der Waals surface area (Å²) in [5.41, 5.74) is 1.24. The Hall–Kier alpha value is -3.55. The molecule has 0 spiro atoms. The van der Waals surface area contributed by atoms with Gasteiger partial charge < -0.3 is 10.4 Å². The van der Waals surface area contributed by atoms with Gasteiger partial charge in [0, 0.05) is 23.6 Å². The fourth-order valence-corrected chi connectivity index (χ4v) is 3.43. The molecule has 0 aliphatic carbocycles. The van der Waals surface area contributed by atoms with Crippen molar-refractivity contribution >= 4 is 17.5 Å². The van der Waals surface area contributed by atoms with Crippen LogP contribution in [-0.4, -0.2) is 26.6 Å². The van der Waals surface area contributed by atoms with Crippen LogP contribution >= 0.6 is 0 Å². The van der Waals surface area contributed by atoms with Crippen LogP contribution in [0, 0.1) is 18.6 Å². The number of nitrogens with zero attached hydrogens (tertiary/aromatic N) is 2. The van der Waals surface area contributed by atoms with Gasteiger partial charge in [-0.3, -0.25) is 9.59 Å². The van der Waals surface area contributed by atoms with E-state index in [4.69, 9.17) is 0 Å². The molecule has 0 saturated carbocycles. The average molecular weight is 383 g/mol. The molecule has 0 unspecified atom stereocenters. The van der Waals surface area contributed by atoms with Crippen molar-refractivity contribution in [3.63, 3.8) is 0 Å². The Bertz CT molecular complexity index is 1110. The van der Waals surface area contributed by atoms with Crippen LogP contribution < -0.4 is 5.32 Å². The number of phenols is 1. The molecule has 1 aromatic heterocycles. The zero-order valence-electron chi connectivity index (χ0n) is 14.7. The number of aromatic hydroxyl groups is 1. The van der Waals surface area contributed by atoms with Crippen molar-refractivity contribution in [2.24, 2.45) is 0 Å². The Morgan fingerprint density at radius 2 is 1.93 bits per heavy atom. The first-order valence-electron chi connectivity index (χ1n) is 8.53. The zero-order valence-corrected chi connectivity index (χ0v) is 14.7. The molecule has 2 aromatic carbocycles. The third-order valence-electron chi connectivity index (χ3n) is 4.71. The lowest BCUT2D eigenvalue weighted by molar-refractivity contribution is -0.116. The van der Waals surface area contributed by atoms with Gasteiger partial charge in [0.05, 0.1) is 11.6 Å². The number of ketones is 1. The minimum absolute atomic E-state index is 0.0226. The fraction of sp³-hybridized carbons (Fsp3) is 0.150. The van der Waals surface area contributed by atoms with E-state index in [9.17, 15) is 23.5 Å². The summed E-state index contributed by atoms with van der Waals surface area (Å²) in [5, 5.41) is 16.3. The molecule has 0 saturated heterocycles. The van der Waals surface area contributed by atoms with Gasteiger partial charge in [0.25, 0.3) is 0 Å². The molecule has 0 radical (unpaired) electrons. The van der Waals surface area contributed by atoms with E-state index in [0.29, 0.717) is 16.8 Å². The number of phenolic OH excluding ortho intramolecular Hbond substituents is 1. The van der Waals surface area contributed by atoms with Crippen LogP contribution in [0.15, 0.2) is 42.5 Å². The second-order valence-corrected chi connectivity index (χ2v) is 6.57. The van der Waals surface area contributed by atoms with Crippen molar-refractivity contribution in [1.82, 2.24) is 9.78 Å². The van der Waals surface area contributed by atoms with Crippen molar-refractivity contribution in [2.75, 3.05) is 5.32 Å². The van der Waals surface area contributed by atoms with E-state index in [1.165, 1.54) is 35.0 Å². The number of anilines is 1. The molecule has 4 rings (SSSR count). The van der Waals surface area contributed by atoms with E-state index in [2.05, 4.69) is 10.4 Å². The number of aryl methyl sites for hydroxylation is 1. The monoisotopic (exact) mass is 383 g/mol. The second kappa shape index (κ2) is 6.56. The molecule has 28 heavy (non-hydrogen) atoms. The highest BCUT2D eigenvalue weighted by Gasteiger charge is 2.36. The maximum Gasteiger partial charge on any atom is 0.226 e. The lowest BCUT2D eigenvalue weighted by atomic mass is 9.85. The topological polar surface area (TPSA) is 84.2 Å². The molecule has 142 valence electrons. The van der Waals surface area contributed by atoms with Gasteiger partial charge in [0.15, 0.2) is 11.6 Å². The lowest BCUT2D eigenvalue weighted by Crippen LogP contribution is -2.28. The van der Waals surface area contributed by atoms with Crippen molar-refractivity contribution in [2.45, 2.75) is 19.3 Å². The number of Topliss-reactive ketones (excluding diaryl/α,β-unsaturated/α-hetero) is 1. The van der Waals surface area contributed by atoms with Crippen molar-refractivity contribution in [3.05, 3.63) is 70.9 Å². The van der Waals surface area contributed by atoms with Crippen molar-refractivity contribution in [3.8, 4) is 11.4 Å². The van der Waals surface area contributed by atoms with Gasteiger partial charge in [-0.2, -0.15) is 5.10 Å². The highest BCUT2D eigenvalue weighted by molar-refractivity contribution is 6.08. The summed E-state index contributed by atoms with van der Waals surface area (Å²) in [6.07, 6.45) is -0.0782. The first kappa shape index (κ1) is 17.8. The molecule has 0 fully saturated rings. The Morgan fingerprint density at radius 3 is 2.61 bits per heavy atom. The van der Waals surface area contributed by atoms with E-state index in [1.54, 1.807) is 6.92 Å². The predicted octanol–water partition coefficient (Wildman–Crippen LogP) is 3.47. The van der Waals surface area contributed by atoms with Gasteiger partial charge in [0.2, 0.25) is 5.91 Å². The molecular weight excluding hydrogens is 368 g/mol. The minimum atomic E-state index is -0.841. The number of fused-ring (bicyclic) bond motifs is 1. The van der Waals surface area contributed by atoms with Crippen LogP contribution in [0.2, 0.25) is 0 Å². The molecule has 8 heteroatoms. The molecule has 1 aliphatic rings. The summed E-state index contributed by atoms with van der Waals surface area (Å²) in [7, 11) is 0. The molecule has 6 nitrogen and oxygen atoms in total. The number of nitrogens with one attached hydrogen (secondary N) is 1. The minimum Gasteiger partial charge on any atom is -0.508 e. The largest absolute Gasteiger partial charge is 0.508 e. The first-order valence-corrected chi connectivity index (χ1v) is 8.53. The number of amides is 1. The Balaban J connectivity index is 1.83. The number of hydrogen-bond acceptors (Lipinski definition) is 4. The normalized spacial score (nSPS) is 15.8. The maximum atomic E-state index is 14.3. The molecule has 1 atom stereocenters. The van der Waals surface area contributed by atoms with Crippen LogP contribution in [0.1, 0.15) is 34.0 Å². The highest BCUT2D eigenvalue weighted by atomic mass is 19.1. The summed E-state index contributed by atoms with van der Waals surface area (Å²) in [5.74, 6) is -2.88. The van der Waals surface area contributed by atoms with Gasteiger partial charge in [-0.25, -0.2) is 13.5 Å². The Kier molecular flexibility index (Phi) is 4.18. The summed E-state index contributed by atoms with van der Waals surface area (Å²) in [4.78, 5) is 25.3. The van der Waals surface area contributed by atoms with E-state index in [-0.39, 0.29) is 29.5 Å². The van der Waals surface area contributed by atoms with Gasteiger partial charge >= 0.3 is 0 Å². The summed E-state index contributed by atoms with van der Waals surface area (Å²) < 4.78 is 28.7. The lowest BCUT2D eigenvalue weighted by Gasteiger charge is -2.23. The summed E-state index contributed by atoms with van der Waals surface area (Å²) in [6.45, 7) is 1.66. The van der Waals surface area contributed by atoms with Crippen LogP contribution in [0.25, 0.3) is 5.69 Å². The summed E-state index contributed by atoms with van der Waals surface area (Å²) >= 11 is 0. The van der Waals surface area contributed by atoms with Gasteiger partial charge in [-0.1, -0.05) is 0 Å². The number of carbonyl (C=O) groups is 2. The number of carbonyl (C=O) groups excluding carboxylic acids is 2. The van der Waals surface area contributed by atoms with Crippen LogP contribution in [-0.2, 0) is 4.79 Å². The molecular formula is C20H15F2N3O3. The van der Waals surface area contributed by atoms with Gasteiger partial charge in [-0.05, 0) is 43.3 Å². The number of rotatable bonds is 3. The van der Waals surface area contributed by atoms with Gasteiger partial charge in [-0.15, -0.1) is 0 Å². The van der Waals surface area contributed by atoms with E-state index >= 15 is 0 Å². The predicted molar refractivity (Wildman–Crippen MR) is 96.6 cm³/mol. The summed E-state index contributed by atoms with van der Waals surface area (Å²) in [6, 6.07) is 8.76. The average Bonchev–Trinajstić information content (AvgIpc) is 2.97. The van der Waals surface area contributed by atoms with E-state index < -0.39 is 23.5 Å². The standard InChI is InChI=1S/C20H15F2N3O3/c1-10-18-14(19(28)11-2-5-13(26)6-3-11)9-17(27)23-20(18)25(24-10)16-7-4-12(21)8-15(16)22/h2-8,14,26H,9H2,1H3,(H,23,27)/t14-/m0/s1. The fourth-order valence-electron chi connectivity index (χ4n) is 3.43. The quantitative estimate of drug-likeness (QED) is 0.679. The third-order valence-corrected chi connectivity index (χ3v) is 4.71. The highest BCUT2D eigenvalue weighted by Crippen LogP contribution is 2.38. The van der Waals surface area contributed by atoms with Gasteiger partial charge in [0.1, 0.15) is 23.1 Å². The van der Waals surface area contributed by atoms with Crippen LogP contribution in [0.3, 0.4) is 0 Å². The smallest absolute Gasteiger partial charge is 0.226 e. The third kappa shape index (κ3) is 2.92. The van der Waals surface area contributed by atoms with Crippen molar-refractivity contribution < 1.29 is 23.5 Å². The first-order chi connectivity index (χ1) is 13.3. The van der Waals surface area contributed by atoms with Crippen LogP contribution in [0.4, 0.5) is 14.6 Å². The van der Waals surface area contributed by atoms with Crippen LogP contribution in [0.5, 0.6) is 5.75 Å². The molecule has 3 aromatic rings. The molecule has 1 amide bonds. The number of aromatic nitrogens is 2. The Morgan fingerprint density at radius 1 is 1.21 bits per heavy atom. The second-order valence-electron chi connectivity index (χ2n) is 6.57. The number of hydrogen-bond donors (Lipinski definition) is 2. The molecule has 0 bridgehead atoms. The van der Waals surface area contributed by atoms with E-state index in [1.807, 2.05) is 0 Å². The van der Waals surface area contributed by atoms with E-state index in [0.717, 1.165) is 12.1 Å². The molecule has 1 aliphatic heterocycles. The zero-order chi connectivity index (χ0) is 20.0. The molecule has 2 heterocycles. The number of halogens is 2. The SMILES string of the molecule is Cc1nn(-c2ccc(F)cc2F)c2c1[C@@H](C(=O)c1ccc(O)cc1)CC(=O)N2. The maximum absolute atomic E-state index is 14.3.